The highest BCUT2D eigenvalue weighted by Crippen LogP contribution is 2.44. The number of rotatable bonds is 2. The van der Waals surface area contributed by atoms with Crippen LogP contribution in [0.5, 0.6) is 0 Å². The van der Waals surface area contributed by atoms with Crippen LogP contribution >= 0.6 is 0 Å². The average Bonchev–Trinajstić information content (AvgIpc) is 3.79. The normalized spacial score (nSPS) is 12.3. The Kier molecular flexibility index (Phi) is 4.78. The fourth-order valence-electron chi connectivity index (χ4n) is 7.97. The van der Waals surface area contributed by atoms with Gasteiger partial charge in [-0.3, -0.25) is 9.38 Å². The molecule has 0 aliphatic carbocycles. The SMILES string of the molecule is c1ccc(-n2c3ccccc3c3cc4c5c6c(ccc5n(-c5ccccc5)c4cc32)c2ccncc2n2c3ccccc3nc62)cc1. The van der Waals surface area contributed by atoms with Crippen molar-refractivity contribution in [1.82, 2.24) is 23.5 Å². The summed E-state index contributed by atoms with van der Waals surface area (Å²) < 4.78 is 7.12. The first kappa shape index (κ1) is 24.8. The maximum Gasteiger partial charge on any atom is 0.147 e. The Bertz CT molecular complexity index is 3060. The number of para-hydroxylation sites is 5. The molecule has 6 aromatic carbocycles. The van der Waals surface area contributed by atoms with E-state index in [0.717, 1.165) is 55.4 Å². The van der Waals surface area contributed by atoms with Crippen LogP contribution in [-0.2, 0) is 0 Å². The van der Waals surface area contributed by atoms with E-state index in [2.05, 4.69) is 158 Å². The lowest BCUT2D eigenvalue weighted by molar-refractivity contribution is 1.16. The minimum atomic E-state index is 0.950. The standard InChI is InChI=1S/C42H25N5/c1-3-11-26(12-4-1)45-34-17-9-7-15-28(34)31-23-32-38(24-37(31)45)46(27-13-5-2-6-14-27)36-20-19-30-29-21-22-43-25-39(29)47-35-18-10-8-16-33(35)44-42(47)41(30)40(32)36/h1-25H. The molecule has 47 heavy (non-hydrogen) atoms. The van der Waals surface area contributed by atoms with Crippen molar-refractivity contribution in [3.63, 3.8) is 0 Å². The summed E-state index contributed by atoms with van der Waals surface area (Å²) in [5.41, 5.74) is 11.0. The van der Waals surface area contributed by atoms with Crippen LogP contribution in [0.25, 0.3) is 93.3 Å². The van der Waals surface area contributed by atoms with Crippen molar-refractivity contribution < 1.29 is 0 Å². The molecular formula is C42H25N5. The molecule has 0 atom stereocenters. The Morgan fingerprint density at radius 3 is 1.87 bits per heavy atom. The van der Waals surface area contributed by atoms with E-state index in [9.17, 15) is 0 Å². The van der Waals surface area contributed by atoms with Crippen LogP contribution in [0.3, 0.4) is 0 Å². The van der Waals surface area contributed by atoms with Gasteiger partial charge in [0.25, 0.3) is 0 Å². The van der Waals surface area contributed by atoms with Crippen molar-refractivity contribution in [3.8, 4) is 11.4 Å². The third-order valence-electron chi connectivity index (χ3n) is 9.87. The second kappa shape index (κ2) is 9.05. The fourth-order valence-corrected chi connectivity index (χ4v) is 7.97. The van der Waals surface area contributed by atoms with Gasteiger partial charge in [-0.1, -0.05) is 72.8 Å². The van der Waals surface area contributed by atoms with Crippen LogP contribution in [-0.4, -0.2) is 23.5 Å². The lowest BCUT2D eigenvalue weighted by Gasteiger charge is -2.11. The highest BCUT2D eigenvalue weighted by Gasteiger charge is 2.23. The average molecular weight is 600 g/mol. The summed E-state index contributed by atoms with van der Waals surface area (Å²) in [4.78, 5) is 9.86. The summed E-state index contributed by atoms with van der Waals surface area (Å²) in [6.07, 6.45) is 3.86. The largest absolute Gasteiger partial charge is 0.309 e. The minimum absolute atomic E-state index is 0.950. The molecule has 0 bridgehead atoms. The summed E-state index contributed by atoms with van der Waals surface area (Å²) >= 11 is 0. The fraction of sp³-hybridized carbons (Fsp3) is 0. The maximum atomic E-state index is 5.31. The number of benzene rings is 6. The third kappa shape index (κ3) is 3.22. The summed E-state index contributed by atoms with van der Waals surface area (Å²) in [5, 5.41) is 8.38. The molecule has 5 aromatic heterocycles. The molecular weight excluding hydrogens is 574 g/mol. The first-order valence-electron chi connectivity index (χ1n) is 15.9. The third-order valence-corrected chi connectivity index (χ3v) is 9.87. The molecule has 0 saturated heterocycles. The Labute approximate surface area is 268 Å². The smallest absolute Gasteiger partial charge is 0.147 e. The van der Waals surface area contributed by atoms with Crippen molar-refractivity contribution in [1.29, 1.82) is 0 Å². The molecule has 11 rings (SSSR count). The molecule has 5 nitrogen and oxygen atoms in total. The Balaban J connectivity index is 1.43. The molecule has 0 amide bonds. The van der Waals surface area contributed by atoms with Crippen molar-refractivity contribution in [2.75, 3.05) is 0 Å². The number of pyridine rings is 2. The molecule has 0 saturated carbocycles. The summed E-state index contributed by atoms with van der Waals surface area (Å²) in [7, 11) is 0. The Hall–Kier alpha value is -6.46. The van der Waals surface area contributed by atoms with E-state index < -0.39 is 0 Å². The Morgan fingerprint density at radius 2 is 1.06 bits per heavy atom. The quantitative estimate of drug-likeness (QED) is 0.186. The molecule has 5 heterocycles. The van der Waals surface area contributed by atoms with E-state index in [-0.39, 0.29) is 0 Å². The predicted octanol–water partition coefficient (Wildman–Crippen LogP) is 10.4. The zero-order valence-electron chi connectivity index (χ0n) is 25.2. The van der Waals surface area contributed by atoms with Crippen molar-refractivity contribution in [2.45, 2.75) is 0 Å². The van der Waals surface area contributed by atoms with Gasteiger partial charge in [0.15, 0.2) is 0 Å². The van der Waals surface area contributed by atoms with E-state index >= 15 is 0 Å². The zero-order chi connectivity index (χ0) is 30.6. The van der Waals surface area contributed by atoms with E-state index in [1.54, 1.807) is 0 Å². The topological polar surface area (TPSA) is 40.0 Å². The number of imidazole rings is 1. The highest BCUT2D eigenvalue weighted by molar-refractivity contribution is 6.31. The molecule has 218 valence electrons. The number of nitrogens with zero attached hydrogens (tertiary/aromatic N) is 5. The van der Waals surface area contributed by atoms with E-state index in [0.29, 0.717) is 0 Å². The zero-order valence-corrected chi connectivity index (χ0v) is 25.2. The second-order valence-electron chi connectivity index (χ2n) is 12.3. The minimum Gasteiger partial charge on any atom is -0.309 e. The van der Waals surface area contributed by atoms with Gasteiger partial charge < -0.3 is 9.13 Å². The van der Waals surface area contributed by atoms with Crippen LogP contribution in [0.1, 0.15) is 0 Å². The number of aromatic nitrogens is 5. The van der Waals surface area contributed by atoms with Gasteiger partial charge in [0.2, 0.25) is 0 Å². The van der Waals surface area contributed by atoms with Gasteiger partial charge in [0.05, 0.1) is 44.8 Å². The van der Waals surface area contributed by atoms with Crippen molar-refractivity contribution in [2.24, 2.45) is 0 Å². The van der Waals surface area contributed by atoms with Crippen LogP contribution < -0.4 is 0 Å². The summed E-state index contributed by atoms with van der Waals surface area (Å²) in [6.45, 7) is 0. The Morgan fingerprint density at radius 1 is 0.404 bits per heavy atom. The van der Waals surface area contributed by atoms with Gasteiger partial charge in [-0.2, -0.15) is 0 Å². The van der Waals surface area contributed by atoms with Crippen LogP contribution in [0.15, 0.2) is 152 Å². The summed E-state index contributed by atoms with van der Waals surface area (Å²) in [6, 6.07) is 50.1. The number of hydrogen-bond acceptors (Lipinski definition) is 2. The molecule has 0 N–H and O–H groups in total. The molecule has 0 fully saturated rings. The first-order valence-corrected chi connectivity index (χ1v) is 15.9. The molecule has 0 unspecified atom stereocenters. The molecule has 0 aliphatic rings. The lowest BCUT2D eigenvalue weighted by atomic mass is 10.0. The van der Waals surface area contributed by atoms with Gasteiger partial charge in [-0.25, -0.2) is 4.98 Å². The van der Waals surface area contributed by atoms with Gasteiger partial charge >= 0.3 is 0 Å². The monoisotopic (exact) mass is 599 g/mol. The van der Waals surface area contributed by atoms with Crippen molar-refractivity contribution in [3.05, 3.63) is 152 Å². The highest BCUT2D eigenvalue weighted by atomic mass is 15.0. The van der Waals surface area contributed by atoms with E-state index in [1.165, 1.54) is 38.0 Å². The second-order valence-corrected chi connectivity index (χ2v) is 12.3. The number of hydrogen-bond donors (Lipinski definition) is 0. The van der Waals surface area contributed by atoms with Gasteiger partial charge in [0.1, 0.15) is 5.65 Å². The van der Waals surface area contributed by atoms with Crippen LogP contribution in [0, 0.1) is 0 Å². The maximum absolute atomic E-state index is 5.31. The van der Waals surface area contributed by atoms with E-state index in [1.807, 2.05) is 12.4 Å². The van der Waals surface area contributed by atoms with Gasteiger partial charge in [0, 0.05) is 49.9 Å². The molecule has 0 radical (unpaired) electrons. The first-order chi connectivity index (χ1) is 23.3. The van der Waals surface area contributed by atoms with E-state index in [4.69, 9.17) is 4.98 Å². The molecule has 0 spiro atoms. The molecule has 11 aromatic rings. The van der Waals surface area contributed by atoms with Gasteiger partial charge in [-0.15, -0.1) is 0 Å². The van der Waals surface area contributed by atoms with Crippen LogP contribution in [0.2, 0.25) is 0 Å². The molecule has 5 heteroatoms. The summed E-state index contributed by atoms with van der Waals surface area (Å²) in [5.74, 6) is 0. The predicted molar refractivity (Wildman–Crippen MR) is 194 cm³/mol. The number of fused-ring (bicyclic) bond motifs is 15. The van der Waals surface area contributed by atoms with Crippen LogP contribution in [0.4, 0.5) is 0 Å². The van der Waals surface area contributed by atoms with Crippen molar-refractivity contribution >= 4 is 82.0 Å². The molecule has 0 aliphatic heterocycles. The lowest BCUT2D eigenvalue weighted by Crippen LogP contribution is -1.96. The van der Waals surface area contributed by atoms with Gasteiger partial charge in [-0.05, 0) is 72.1 Å².